The van der Waals surface area contributed by atoms with Crippen LogP contribution in [-0.2, 0) is 0 Å². The molecule has 0 radical (unpaired) electrons. The van der Waals surface area contributed by atoms with Crippen molar-refractivity contribution < 1.29 is 9.90 Å². The van der Waals surface area contributed by atoms with Crippen LogP contribution >= 0.6 is 23.2 Å². The smallest absolute Gasteiger partial charge is 0.416 e. The fraction of sp³-hybridized carbons (Fsp3) is 0. The van der Waals surface area contributed by atoms with Crippen molar-refractivity contribution >= 4 is 40.7 Å². The summed E-state index contributed by atoms with van der Waals surface area (Å²) in [6.45, 7) is 0. The van der Waals surface area contributed by atoms with Crippen molar-refractivity contribution in [3.8, 4) is 0 Å². The summed E-state index contributed by atoms with van der Waals surface area (Å²) in [5.41, 5.74) is 1.04. The molecular weight excluding hydrogens is 273 g/mol. The molecule has 18 heavy (non-hydrogen) atoms. The summed E-state index contributed by atoms with van der Waals surface area (Å²) in [4.78, 5) is 12.5. The van der Waals surface area contributed by atoms with Crippen molar-refractivity contribution in [2.45, 2.75) is 0 Å². The Hall–Kier alpha value is -1.71. The minimum atomic E-state index is -1.07. The van der Waals surface area contributed by atoms with Gasteiger partial charge in [0.15, 0.2) is 0 Å². The molecule has 0 fully saturated rings. The fourth-order valence-electron chi connectivity index (χ4n) is 1.55. The van der Waals surface area contributed by atoms with Crippen LogP contribution in [0.1, 0.15) is 0 Å². The number of hydrogen-bond acceptors (Lipinski definition) is 1. The summed E-state index contributed by atoms with van der Waals surface area (Å²) in [7, 11) is 0. The normalized spacial score (nSPS) is 10.1. The molecule has 92 valence electrons. The lowest BCUT2D eigenvalue weighted by Gasteiger charge is -2.19. The first-order valence-electron chi connectivity index (χ1n) is 5.12. The molecule has 0 aliphatic heterocycles. The molecule has 0 aliphatic rings. The van der Waals surface area contributed by atoms with Gasteiger partial charge in [0.05, 0.1) is 11.4 Å². The molecule has 0 atom stereocenters. The average Bonchev–Trinajstić information content (AvgIpc) is 2.34. The Balaban J connectivity index is 2.43. The zero-order valence-corrected chi connectivity index (χ0v) is 10.7. The molecule has 2 aromatic carbocycles. The first-order chi connectivity index (χ1) is 8.58. The molecule has 3 nitrogen and oxygen atoms in total. The molecule has 0 unspecified atom stereocenters. The largest absolute Gasteiger partial charge is 0.464 e. The Morgan fingerprint density at radius 1 is 0.833 bits per heavy atom. The minimum Gasteiger partial charge on any atom is -0.464 e. The number of carbonyl (C=O) groups is 1. The van der Waals surface area contributed by atoms with Gasteiger partial charge in [0.25, 0.3) is 0 Å². The third kappa shape index (κ3) is 2.75. The molecule has 1 N–H and O–H groups in total. The number of benzene rings is 2. The van der Waals surface area contributed by atoms with Crippen LogP contribution in [0.3, 0.4) is 0 Å². The monoisotopic (exact) mass is 281 g/mol. The van der Waals surface area contributed by atoms with Gasteiger partial charge in [-0.2, -0.15) is 0 Å². The van der Waals surface area contributed by atoms with E-state index in [-0.39, 0.29) is 0 Å². The van der Waals surface area contributed by atoms with E-state index in [0.717, 1.165) is 4.90 Å². The second kappa shape index (κ2) is 5.29. The summed E-state index contributed by atoms with van der Waals surface area (Å²) in [5.74, 6) is 0. The van der Waals surface area contributed by atoms with Crippen LogP contribution in [0.4, 0.5) is 16.2 Å². The molecule has 5 heteroatoms. The van der Waals surface area contributed by atoms with Crippen molar-refractivity contribution in [3.63, 3.8) is 0 Å². The second-order valence-electron chi connectivity index (χ2n) is 3.57. The predicted molar refractivity (Wildman–Crippen MR) is 73.1 cm³/mol. The number of hydrogen-bond donors (Lipinski definition) is 1. The van der Waals surface area contributed by atoms with Crippen molar-refractivity contribution in [1.82, 2.24) is 0 Å². The molecule has 2 aromatic rings. The highest BCUT2D eigenvalue weighted by molar-refractivity contribution is 6.31. The Labute approximate surface area is 114 Å². The van der Waals surface area contributed by atoms with E-state index in [1.54, 1.807) is 48.5 Å². The van der Waals surface area contributed by atoms with Gasteiger partial charge in [-0.25, -0.2) is 9.69 Å². The number of carboxylic acid groups (broad SMARTS) is 1. The Kier molecular flexibility index (Phi) is 3.75. The second-order valence-corrected chi connectivity index (χ2v) is 4.44. The number of amides is 1. The maximum Gasteiger partial charge on any atom is 0.416 e. The molecule has 0 heterocycles. The van der Waals surface area contributed by atoms with E-state index in [1.165, 1.54) is 0 Å². The Morgan fingerprint density at radius 3 is 1.44 bits per heavy atom. The first-order valence-corrected chi connectivity index (χ1v) is 5.88. The summed E-state index contributed by atoms with van der Waals surface area (Å²) < 4.78 is 0. The van der Waals surface area contributed by atoms with Crippen molar-refractivity contribution in [2.75, 3.05) is 4.90 Å². The zero-order chi connectivity index (χ0) is 13.1. The van der Waals surface area contributed by atoms with Crippen molar-refractivity contribution in [2.24, 2.45) is 0 Å². The Morgan fingerprint density at radius 2 is 1.17 bits per heavy atom. The molecule has 0 aliphatic carbocycles. The van der Waals surface area contributed by atoms with E-state index >= 15 is 0 Å². The van der Waals surface area contributed by atoms with Crippen LogP contribution in [0, 0.1) is 0 Å². The molecule has 2 rings (SSSR count). The summed E-state index contributed by atoms with van der Waals surface area (Å²) in [6.07, 6.45) is -1.07. The molecule has 0 saturated heterocycles. The van der Waals surface area contributed by atoms with Crippen LogP contribution in [0.15, 0.2) is 48.5 Å². The highest BCUT2D eigenvalue weighted by atomic mass is 35.5. The number of halogens is 2. The quantitative estimate of drug-likeness (QED) is 0.858. The summed E-state index contributed by atoms with van der Waals surface area (Å²) in [6, 6.07) is 13.1. The van der Waals surface area contributed by atoms with Gasteiger partial charge in [-0.05, 0) is 48.5 Å². The van der Waals surface area contributed by atoms with E-state index in [0.29, 0.717) is 21.4 Å². The maximum absolute atomic E-state index is 11.3. The van der Waals surface area contributed by atoms with Gasteiger partial charge in [-0.1, -0.05) is 23.2 Å². The van der Waals surface area contributed by atoms with E-state index < -0.39 is 6.09 Å². The third-order valence-electron chi connectivity index (χ3n) is 2.36. The zero-order valence-electron chi connectivity index (χ0n) is 9.18. The van der Waals surface area contributed by atoms with Gasteiger partial charge in [0.1, 0.15) is 0 Å². The minimum absolute atomic E-state index is 0.522. The number of anilines is 2. The standard InChI is InChI=1S/C13H9Cl2NO2/c14-9-1-5-11(6-2-9)16(13(17)18)12-7-3-10(15)4-8-12/h1-8H,(H,17,18). The van der Waals surface area contributed by atoms with Crippen LogP contribution in [0.25, 0.3) is 0 Å². The SMILES string of the molecule is O=C(O)N(c1ccc(Cl)cc1)c1ccc(Cl)cc1. The van der Waals surface area contributed by atoms with Crippen LogP contribution in [-0.4, -0.2) is 11.2 Å². The van der Waals surface area contributed by atoms with Crippen molar-refractivity contribution in [3.05, 3.63) is 58.6 Å². The molecule has 0 spiro atoms. The lowest BCUT2D eigenvalue weighted by molar-refractivity contribution is 0.205. The van der Waals surface area contributed by atoms with E-state index in [4.69, 9.17) is 23.2 Å². The first kappa shape index (κ1) is 12.7. The molecule has 0 saturated carbocycles. The van der Waals surface area contributed by atoms with Gasteiger partial charge in [0, 0.05) is 10.0 Å². The van der Waals surface area contributed by atoms with Gasteiger partial charge < -0.3 is 5.11 Å². The lowest BCUT2D eigenvalue weighted by Crippen LogP contribution is -2.23. The molecule has 1 amide bonds. The topological polar surface area (TPSA) is 40.5 Å². The van der Waals surface area contributed by atoms with Gasteiger partial charge in [-0.15, -0.1) is 0 Å². The van der Waals surface area contributed by atoms with Gasteiger partial charge in [-0.3, -0.25) is 0 Å². The number of nitrogens with zero attached hydrogens (tertiary/aromatic N) is 1. The molecular formula is C13H9Cl2NO2. The van der Waals surface area contributed by atoms with E-state index in [2.05, 4.69) is 0 Å². The average molecular weight is 282 g/mol. The number of rotatable bonds is 2. The maximum atomic E-state index is 11.3. The summed E-state index contributed by atoms with van der Waals surface area (Å²) in [5, 5.41) is 10.4. The Bertz CT molecular complexity index is 507. The fourth-order valence-corrected chi connectivity index (χ4v) is 1.80. The lowest BCUT2D eigenvalue weighted by atomic mass is 10.2. The highest BCUT2D eigenvalue weighted by Crippen LogP contribution is 2.27. The molecule has 0 aromatic heterocycles. The van der Waals surface area contributed by atoms with Gasteiger partial charge in [0.2, 0.25) is 0 Å². The van der Waals surface area contributed by atoms with Gasteiger partial charge >= 0.3 is 6.09 Å². The highest BCUT2D eigenvalue weighted by Gasteiger charge is 2.16. The third-order valence-corrected chi connectivity index (χ3v) is 2.86. The van der Waals surface area contributed by atoms with E-state index in [1.807, 2.05) is 0 Å². The summed E-state index contributed by atoms with van der Waals surface area (Å²) >= 11 is 11.6. The molecule has 0 bridgehead atoms. The van der Waals surface area contributed by atoms with Crippen LogP contribution in [0.5, 0.6) is 0 Å². The predicted octanol–water partition coefficient (Wildman–Crippen LogP) is 4.81. The van der Waals surface area contributed by atoms with Crippen molar-refractivity contribution in [1.29, 1.82) is 0 Å². The van der Waals surface area contributed by atoms with E-state index in [9.17, 15) is 9.90 Å². The van der Waals surface area contributed by atoms with Crippen LogP contribution < -0.4 is 4.90 Å². The van der Waals surface area contributed by atoms with Crippen LogP contribution in [0.2, 0.25) is 10.0 Å².